The van der Waals surface area contributed by atoms with Crippen molar-refractivity contribution in [3.05, 3.63) is 46.8 Å². The molecular weight excluding hydrogens is 336 g/mol. The first-order valence-electron chi connectivity index (χ1n) is 10.4. The van der Waals surface area contributed by atoms with Gasteiger partial charge in [0.2, 0.25) is 0 Å². The van der Waals surface area contributed by atoms with E-state index in [1.807, 2.05) is 4.68 Å². The number of benzene rings is 1. The lowest BCUT2D eigenvalue weighted by molar-refractivity contribution is 0.0751. The molecule has 0 unspecified atom stereocenters. The topological polar surface area (TPSA) is 50.2 Å². The van der Waals surface area contributed by atoms with Crippen LogP contribution in [0.3, 0.4) is 0 Å². The van der Waals surface area contributed by atoms with Crippen LogP contribution in [0.5, 0.6) is 0 Å². The SMILES string of the molecule is Cc1ccccc1-n1nc(C(=O)N2CC[C@@H]3CNC[C@@H]3CC2)c2c1CCC2. The number of aromatic nitrogens is 2. The number of hydrogen-bond acceptors (Lipinski definition) is 3. The quantitative estimate of drug-likeness (QED) is 0.891. The number of aryl methyl sites for hydroxylation is 1. The molecule has 2 aromatic rings. The number of hydrogen-bond donors (Lipinski definition) is 1. The molecule has 0 spiro atoms. The number of nitrogens with one attached hydrogen (secondary N) is 1. The summed E-state index contributed by atoms with van der Waals surface area (Å²) in [5, 5.41) is 8.36. The number of fused-ring (bicyclic) bond motifs is 2. The standard InChI is InChI=1S/C22H28N4O/c1-15-5-2-3-7-19(15)26-20-8-4-6-18(20)21(24-26)22(27)25-11-9-16-13-23-14-17(16)10-12-25/h2-3,5,7,16-17,23H,4,6,8-14H2,1H3/t16-,17+. The zero-order chi connectivity index (χ0) is 18.4. The summed E-state index contributed by atoms with van der Waals surface area (Å²) in [6, 6.07) is 8.32. The largest absolute Gasteiger partial charge is 0.337 e. The molecule has 0 saturated carbocycles. The van der Waals surface area contributed by atoms with Gasteiger partial charge in [-0.05, 0) is 75.6 Å². The fourth-order valence-corrected chi connectivity index (χ4v) is 5.18. The van der Waals surface area contributed by atoms with Crippen LogP contribution in [-0.2, 0) is 12.8 Å². The number of amides is 1. The average molecular weight is 364 g/mol. The molecule has 0 bridgehead atoms. The maximum absolute atomic E-state index is 13.4. The Kier molecular flexibility index (Phi) is 4.27. The van der Waals surface area contributed by atoms with Crippen LogP contribution in [0.2, 0.25) is 0 Å². The van der Waals surface area contributed by atoms with Crippen LogP contribution in [0.1, 0.15) is 46.6 Å². The summed E-state index contributed by atoms with van der Waals surface area (Å²) in [5.74, 6) is 1.62. The van der Waals surface area contributed by atoms with Crippen molar-refractivity contribution >= 4 is 5.91 Å². The van der Waals surface area contributed by atoms with Crippen LogP contribution in [-0.4, -0.2) is 46.8 Å². The summed E-state index contributed by atoms with van der Waals surface area (Å²) < 4.78 is 2.04. The Labute approximate surface area is 160 Å². The van der Waals surface area contributed by atoms with Gasteiger partial charge in [0.1, 0.15) is 0 Å². The molecule has 5 nitrogen and oxygen atoms in total. The average Bonchev–Trinajstić information content (AvgIpc) is 3.36. The molecule has 3 aliphatic rings. The molecule has 0 radical (unpaired) electrons. The second kappa shape index (κ2) is 6.79. The lowest BCUT2D eigenvalue weighted by Crippen LogP contribution is -2.33. The van der Waals surface area contributed by atoms with Crippen molar-refractivity contribution < 1.29 is 4.79 Å². The zero-order valence-corrected chi connectivity index (χ0v) is 16.1. The van der Waals surface area contributed by atoms with Crippen LogP contribution in [0.4, 0.5) is 0 Å². The van der Waals surface area contributed by atoms with Crippen molar-refractivity contribution in [1.82, 2.24) is 20.0 Å². The lowest BCUT2D eigenvalue weighted by Gasteiger charge is -2.20. The smallest absolute Gasteiger partial charge is 0.274 e. The van der Waals surface area contributed by atoms with Gasteiger partial charge >= 0.3 is 0 Å². The maximum Gasteiger partial charge on any atom is 0.274 e. The van der Waals surface area contributed by atoms with E-state index >= 15 is 0 Å². The fraction of sp³-hybridized carbons (Fsp3) is 0.545. The van der Waals surface area contributed by atoms with Gasteiger partial charge in [-0.3, -0.25) is 4.79 Å². The Hall–Kier alpha value is -2.14. The predicted octanol–water partition coefficient (Wildman–Crippen LogP) is 2.74. The summed E-state index contributed by atoms with van der Waals surface area (Å²) in [6.45, 7) is 6.08. The van der Waals surface area contributed by atoms with E-state index in [1.54, 1.807) is 0 Å². The number of nitrogens with zero attached hydrogens (tertiary/aromatic N) is 3. The summed E-state index contributed by atoms with van der Waals surface area (Å²) in [7, 11) is 0. The van der Waals surface area contributed by atoms with Gasteiger partial charge in [-0.2, -0.15) is 5.10 Å². The molecule has 2 fully saturated rings. The molecule has 142 valence electrons. The second-order valence-electron chi connectivity index (χ2n) is 8.37. The van der Waals surface area contributed by atoms with E-state index < -0.39 is 0 Å². The first-order valence-corrected chi connectivity index (χ1v) is 10.4. The van der Waals surface area contributed by atoms with Gasteiger partial charge in [0.15, 0.2) is 5.69 Å². The number of likely N-dealkylation sites (tertiary alicyclic amines) is 1. The monoisotopic (exact) mass is 364 g/mol. The third-order valence-electron chi connectivity index (χ3n) is 6.78. The summed E-state index contributed by atoms with van der Waals surface area (Å²) in [5.41, 5.74) is 5.43. The van der Waals surface area contributed by atoms with Gasteiger partial charge in [-0.15, -0.1) is 0 Å². The number of carbonyl (C=O) groups is 1. The first-order chi connectivity index (χ1) is 13.2. The van der Waals surface area contributed by atoms with E-state index in [2.05, 4.69) is 41.4 Å². The highest BCUT2D eigenvalue weighted by atomic mass is 16.2. The Morgan fingerprint density at radius 3 is 2.59 bits per heavy atom. The van der Waals surface area contributed by atoms with Crippen molar-refractivity contribution in [2.75, 3.05) is 26.2 Å². The van der Waals surface area contributed by atoms with E-state index in [9.17, 15) is 4.79 Å². The minimum Gasteiger partial charge on any atom is -0.337 e. The second-order valence-corrected chi connectivity index (χ2v) is 8.37. The Morgan fingerprint density at radius 2 is 1.85 bits per heavy atom. The van der Waals surface area contributed by atoms with Crippen LogP contribution in [0.15, 0.2) is 24.3 Å². The van der Waals surface area contributed by atoms with E-state index in [1.165, 1.54) is 16.8 Å². The molecule has 5 heteroatoms. The van der Waals surface area contributed by atoms with Crippen molar-refractivity contribution in [1.29, 1.82) is 0 Å². The first kappa shape index (κ1) is 17.0. The summed E-state index contributed by atoms with van der Waals surface area (Å²) >= 11 is 0. The highest BCUT2D eigenvalue weighted by Crippen LogP contribution is 2.31. The van der Waals surface area contributed by atoms with Crippen molar-refractivity contribution in [3.8, 4) is 5.69 Å². The maximum atomic E-state index is 13.4. The highest BCUT2D eigenvalue weighted by Gasteiger charge is 2.34. The van der Waals surface area contributed by atoms with E-state index in [0.29, 0.717) is 5.69 Å². The van der Waals surface area contributed by atoms with E-state index in [-0.39, 0.29) is 5.91 Å². The molecule has 27 heavy (non-hydrogen) atoms. The molecule has 2 aliphatic heterocycles. The van der Waals surface area contributed by atoms with Gasteiger partial charge in [-0.1, -0.05) is 18.2 Å². The molecule has 1 N–H and O–H groups in total. The number of carbonyl (C=O) groups excluding carboxylic acids is 1. The van der Waals surface area contributed by atoms with Gasteiger partial charge in [-0.25, -0.2) is 4.68 Å². The van der Waals surface area contributed by atoms with Crippen molar-refractivity contribution in [2.45, 2.75) is 39.0 Å². The highest BCUT2D eigenvalue weighted by molar-refractivity contribution is 5.94. The molecule has 5 rings (SSSR count). The minimum atomic E-state index is 0.147. The van der Waals surface area contributed by atoms with Crippen molar-refractivity contribution in [2.24, 2.45) is 11.8 Å². The van der Waals surface area contributed by atoms with E-state index in [4.69, 9.17) is 5.10 Å². The van der Waals surface area contributed by atoms with Gasteiger partial charge in [0, 0.05) is 24.3 Å². The van der Waals surface area contributed by atoms with Gasteiger partial charge < -0.3 is 10.2 Å². The van der Waals surface area contributed by atoms with Crippen LogP contribution in [0, 0.1) is 18.8 Å². The summed E-state index contributed by atoms with van der Waals surface area (Å²) in [6.07, 6.45) is 5.34. The minimum absolute atomic E-state index is 0.147. The molecule has 1 aromatic carbocycles. The van der Waals surface area contributed by atoms with Crippen molar-refractivity contribution in [3.63, 3.8) is 0 Å². The number of rotatable bonds is 2. The third kappa shape index (κ3) is 2.89. The Morgan fingerprint density at radius 1 is 1.11 bits per heavy atom. The lowest BCUT2D eigenvalue weighted by atomic mass is 9.92. The third-order valence-corrected chi connectivity index (χ3v) is 6.78. The van der Waals surface area contributed by atoms with E-state index in [0.717, 1.165) is 75.8 Å². The Bertz CT molecular complexity index is 857. The molecule has 1 aromatic heterocycles. The van der Waals surface area contributed by atoms with Gasteiger partial charge in [0.05, 0.1) is 5.69 Å². The van der Waals surface area contributed by atoms with Gasteiger partial charge in [0.25, 0.3) is 5.91 Å². The van der Waals surface area contributed by atoms with Crippen LogP contribution >= 0.6 is 0 Å². The normalized spacial score (nSPS) is 24.6. The zero-order valence-electron chi connectivity index (χ0n) is 16.1. The molecular formula is C22H28N4O. The molecule has 2 saturated heterocycles. The molecule has 3 heterocycles. The fourth-order valence-electron chi connectivity index (χ4n) is 5.18. The predicted molar refractivity (Wildman–Crippen MR) is 105 cm³/mol. The summed E-state index contributed by atoms with van der Waals surface area (Å²) in [4.78, 5) is 15.5. The molecule has 1 aliphatic carbocycles. The molecule has 2 atom stereocenters. The number of para-hydroxylation sites is 1. The van der Waals surface area contributed by atoms with Crippen LogP contribution < -0.4 is 5.32 Å². The Balaban J connectivity index is 1.46. The van der Waals surface area contributed by atoms with Crippen LogP contribution in [0.25, 0.3) is 5.69 Å². The molecule has 1 amide bonds.